The van der Waals surface area contributed by atoms with E-state index in [2.05, 4.69) is 26.2 Å². The van der Waals surface area contributed by atoms with Crippen molar-refractivity contribution in [1.29, 1.82) is 0 Å². The number of nitrogens with two attached hydrogens (primary N) is 2. The molecule has 3 aromatic rings. The first-order chi connectivity index (χ1) is 13.9. The summed E-state index contributed by atoms with van der Waals surface area (Å²) in [6.07, 6.45) is 6.84. The molecule has 0 saturated heterocycles. The normalized spacial score (nSPS) is 11.3. The second-order valence-corrected chi connectivity index (χ2v) is 5.98. The number of anilines is 2. The van der Waals surface area contributed by atoms with Crippen molar-refractivity contribution in [2.75, 3.05) is 12.4 Å². The molecule has 0 amide bonds. The van der Waals surface area contributed by atoms with Gasteiger partial charge in [0.25, 0.3) is 0 Å². The second-order valence-electron chi connectivity index (χ2n) is 5.98. The number of guanidine groups is 1. The molecule has 1 aromatic heterocycles. The molecular formula is C20H18N6O3. The minimum absolute atomic E-state index is 0.260. The van der Waals surface area contributed by atoms with Crippen LogP contribution in [0.25, 0.3) is 10.9 Å². The van der Waals surface area contributed by atoms with Crippen LogP contribution in [-0.4, -0.2) is 34.1 Å². The molecule has 6 N–H and O–H groups in total. The molecule has 0 aliphatic heterocycles. The average Bonchev–Trinajstić information content (AvgIpc) is 2.71. The van der Waals surface area contributed by atoms with Crippen LogP contribution in [0.1, 0.15) is 17.2 Å². The number of nitrogens with one attached hydrogen (secondary N) is 1. The van der Waals surface area contributed by atoms with Crippen LogP contribution in [0.2, 0.25) is 0 Å². The number of carboxylic acid groups (broad SMARTS) is 1. The molecule has 1 heterocycles. The highest BCUT2D eigenvalue weighted by molar-refractivity contribution is 5.94. The predicted octanol–water partition coefficient (Wildman–Crippen LogP) is 1.76. The maximum Gasteiger partial charge on any atom is 0.333 e. The van der Waals surface area contributed by atoms with Gasteiger partial charge < -0.3 is 26.6 Å². The summed E-state index contributed by atoms with van der Waals surface area (Å²) >= 11 is 0. The van der Waals surface area contributed by atoms with Crippen LogP contribution >= 0.6 is 0 Å². The number of nitrogens with zero attached hydrogens (tertiary/aromatic N) is 3. The molecule has 9 heteroatoms. The maximum atomic E-state index is 11.7. The molecule has 0 aliphatic rings. The van der Waals surface area contributed by atoms with Gasteiger partial charge in [-0.2, -0.15) is 0 Å². The van der Waals surface area contributed by atoms with Crippen molar-refractivity contribution in [2.45, 2.75) is 6.04 Å². The maximum absolute atomic E-state index is 11.7. The fourth-order valence-electron chi connectivity index (χ4n) is 2.82. The summed E-state index contributed by atoms with van der Waals surface area (Å²) in [5, 5.41) is 13.3. The molecule has 146 valence electrons. The predicted molar refractivity (Wildman–Crippen MR) is 110 cm³/mol. The number of fused-ring (bicyclic) bond motifs is 1. The van der Waals surface area contributed by atoms with E-state index in [0.29, 0.717) is 22.3 Å². The van der Waals surface area contributed by atoms with Gasteiger partial charge in [-0.3, -0.25) is 0 Å². The summed E-state index contributed by atoms with van der Waals surface area (Å²) in [4.78, 5) is 24.1. The summed E-state index contributed by atoms with van der Waals surface area (Å²) in [6, 6.07) is 9.09. The van der Waals surface area contributed by atoms with E-state index in [-0.39, 0.29) is 17.3 Å². The third-order valence-corrected chi connectivity index (χ3v) is 4.09. The summed E-state index contributed by atoms with van der Waals surface area (Å²) in [5.41, 5.74) is 13.0. The lowest BCUT2D eigenvalue weighted by atomic mass is 10.0. The highest BCUT2D eigenvalue weighted by atomic mass is 16.5. The van der Waals surface area contributed by atoms with E-state index in [1.807, 2.05) is 12.1 Å². The van der Waals surface area contributed by atoms with Crippen molar-refractivity contribution in [3.8, 4) is 18.1 Å². The number of aliphatic imine (C=N–C) groups is 1. The Morgan fingerprint density at radius 3 is 2.76 bits per heavy atom. The molecule has 0 bridgehead atoms. The molecule has 1 unspecified atom stereocenters. The molecule has 0 fully saturated rings. The topological polar surface area (TPSA) is 149 Å². The highest BCUT2D eigenvalue weighted by Gasteiger charge is 2.24. The first-order valence-corrected chi connectivity index (χ1v) is 8.40. The molecule has 1 atom stereocenters. The molecule has 0 spiro atoms. The average molecular weight is 390 g/mol. The van der Waals surface area contributed by atoms with Crippen molar-refractivity contribution in [3.63, 3.8) is 0 Å². The van der Waals surface area contributed by atoms with E-state index in [1.54, 1.807) is 24.3 Å². The highest BCUT2D eigenvalue weighted by Crippen LogP contribution is 2.34. The summed E-state index contributed by atoms with van der Waals surface area (Å²) in [6.45, 7) is 0. The van der Waals surface area contributed by atoms with Gasteiger partial charge in [0.1, 0.15) is 17.9 Å². The SMILES string of the molecule is C#Cc1cccc(Nc2ncnc3cc(OC)c(C(N=C(N)N)C(=O)O)cc23)c1. The number of hydrogen-bond acceptors (Lipinski definition) is 6. The number of aliphatic carboxylic acids is 1. The van der Waals surface area contributed by atoms with Crippen molar-refractivity contribution in [1.82, 2.24) is 9.97 Å². The first-order valence-electron chi connectivity index (χ1n) is 8.40. The first kappa shape index (κ1) is 19.4. The van der Waals surface area contributed by atoms with Crippen LogP contribution in [0.5, 0.6) is 5.75 Å². The van der Waals surface area contributed by atoms with E-state index < -0.39 is 12.0 Å². The minimum Gasteiger partial charge on any atom is -0.496 e. The number of aromatic nitrogens is 2. The molecule has 0 radical (unpaired) electrons. The molecule has 2 aromatic carbocycles. The lowest BCUT2D eigenvalue weighted by Crippen LogP contribution is -2.25. The zero-order valence-electron chi connectivity index (χ0n) is 15.5. The number of terminal acetylenes is 1. The molecule has 0 saturated carbocycles. The number of hydrogen-bond donors (Lipinski definition) is 4. The fraction of sp³-hybridized carbons (Fsp3) is 0.100. The summed E-state index contributed by atoms with van der Waals surface area (Å²) in [7, 11) is 1.42. The van der Waals surface area contributed by atoms with Crippen molar-refractivity contribution >= 4 is 34.3 Å². The number of methoxy groups -OCH3 is 1. The molecular weight excluding hydrogens is 372 g/mol. The largest absolute Gasteiger partial charge is 0.496 e. The third-order valence-electron chi connectivity index (χ3n) is 4.09. The zero-order valence-corrected chi connectivity index (χ0v) is 15.5. The number of rotatable bonds is 6. The third kappa shape index (κ3) is 4.17. The van der Waals surface area contributed by atoms with Crippen LogP contribution < -0.4 is 21.5 Å². The Hall–Kier alpha value is -4.32. The minimum atomic E-state index is -1.35. The van der Waals surface area contributed by atoms with Gasteiger partial charge in [0.05, 0.1) is 12.6 Å². The van der Waals surface area contributed by atoms with E-state index >= 15 is 0 Å². The molecule has 29 heavy (non-hydrogen) atoms. The Morgan fingerprint density at radius 1 is 1.31 bits per heavy atom. The fourth-order valence-corrected chi connectivity index (χ4v) is 2.82. The standard InChI is InChI=1S/C20H18N6O3/c1-3-11-5-4-6-12(7-11)25-18-13-8-14(17(19(27)28)26-20(21)22)16(29-2)9-15(13)23-10-24-18/h1,4-10,17H,2H3,(H,27,28)(H4,21,22,26)(H,23,24,25). The van der Waals surface area contributed by atoms with Gasteiger partial charge in [-0.1, -0.05) is 12.0 Å². The summed E-state index contributed by atoms with van der Waals surface area (Å²) in [5.74, 6) is 1.73. The van der Waals surface area contributed by atoms with E-state index in [1.165, 1.54) is 13.4 Å². The van der Waals surface area contributed by atoms with E-state index in [4.69, 9.17) is 22.6 Å². The second kappa shape index (κ2) is 8.14. The number of carboxylic acids is 1. The Bertz CT molecular complexity index is 1150. The monoisotopic (exact) mass is 390 g/mol. The van der Waals surface area contributed by atoms with Crippen LogP contribution in [0.4, 0.5) is 11.5 Å². The molecule has 3 rings (SSSR count). The van der Waals surface area contributed by atoms with Crippen molar-refractivity contribution in [3.05, 3.63) is 53.9 Å². The van der Waals surface area contributed by atoms with E-state index in [0.717, 1.165) is 5.69 Å². The van der Waals surface area contributed by atoms with Crippen LogP contribution in [-0.2, 0) is 4.79 Å². The van der Waals surface area contributed by atoms with Crippen LogP contribution in [0.3, 0.4) is 0 Å². The quantitative estimate of drug-likeness (QED) is 0.283. The number of ether oxygens (including phenoxy) is 1. The number of benzene rings is 2. The van der Waals surface area contributed by atoms with Gasteiger partial charge >= 0.3 is 5.97 Å². The summed E-state index contributed by atoms with van der Waals surface area (Å²) < 4.78 is 5.34. The number of carbonyl (C=O) groups is 1. The lowest BCUT2D eigenvalue weighted by Gasteiger charge is -2.16. The van der Waals surface area contributed by atoms with Gasteiger partial charge in [0.2, 0.25) is 0 Å². The van der Waals surface area contributed by atoms with Gasteiger partial charge in [0, 0.05) is 28.3 Å². The Balaban J connectivity index is 2.17. The Kier molecular flexibility index (Phi) is 5.46. The van der Waals surface area contributed by atoms with E-state index in [9.17, 15) is 9.90 Å². The van der Waals surface area contributed by atoms with Gasteiger partial charge in [0.15, 0.2) is 12.0 Å². The van der Waals surface area contributed by atoms with Crippen molar-refractivity contribution in [2.24, 2.45) is 16.5 Å². The molecule has 0 aliphatic carbocycles. The van der Waals surface area contributed by atoms with Gasteiger partial charge in [-0.15, -0.1) is 6.42 Å². The molecule has 9 nitrogen and oxygen atoms in total. The van der Waals surface area contributed by atoms with Crippen LogP contribution in [0, 0.1) is 12.3 Å². The Labute approximate surface area is 166 Å². The Morgan fingerprint density at radius 2 is 2.10 bits per heavy atom. The van der Waals surface area contributed by atoms with Crippen LogP contribution in [0.15, 0.2) is 47.7 Å². The van der Waals surface area contributed by atoms with Gasteiger partial charge in [-0.05, 0) is 24.3 Å². The lowest BCUT2D eigenvalue weighted by molar-refractivity contribution is -0.138. The van der Waals surface area contributed by atoms with Gasteiger partial charge in [-0.25, -0.2) is 19.8 Å². The van der Waals surface area contributed by atoms with Crippen molar-refractivity contribution < 1.29 is 14.6 Å². The zero-order chi connectivity index (χ0) is 21.0. The smallest absolute Gasteiger partial charge is 0.333 e.